The van der Waals surface area contributed by atoms with Gasteiger partial charge in [0, 0.05) is 12.1 Å². The van der Waals surface area contributed by atoms with E-state index in [9.17, 15) is 14.7 Å². The number of nitrogen functional groups attached to an aromatic ring is 1. The molecule has 0 aliphatic rings. The number of hydrogen-bond donors (Lipinski definition) is 3. The number of amides is 1. The van der Waals surface area contributed by atoms with Gasteiger partial charge < -0.3 is 16.2 Å². The molecule has 0 bridgehead atoms. The number of rotatable bonds is 5. The average molecular weight is 292 g/mol. The first-order valence-corrected chi connectivity index (χ1v) is 6.99. The van der Waals surface area contributed by atoms with E-state index < -0.39 is 17.4 Å². The number of aliphatic carboxylic acids is 1. The van der Waals surface area contributed by atoms with Crippen LogP contribution in [0, 0.1) is 5.41 Å². The molecule has 0 aliphatic carbocycles. The van der Waals surface area contributed by atoms with Gasteiger partial charge in [-0.3, -0.25) is 4.79 Å². The van der Waals surface area contributed by atoms with Gasteiger partial charge in [0.05, 0.1) is 0 Å². The lowest BCUT2D eigenvalue weighted by Gasteiger charge is -2.28. The summed E-state index contributed by atoms with van der Waals surface area (Å²) in [4.78, 5) is 23.3. The Balaban J connectivity index is 2.68. The summed E-state index contributed by atoms with van der Waals surface area (Å²) >= 11 is 0. The van der Waals surface area contributed by atoms with Crippen molar-refractivity contribution in [3.8, 4) is 0 Å². The summed E-state index contributed by atoms with van der Waals surface area (Å²) in [5.41, 5.74) is 6.77. The smallest absolute Gasteiger partial charge is 0.326 e. The molecule has 5 heteroatoms. The Bertz CT molecular complexity index is 503. The number of hydrogen-bond acceptors (Lipinski definition) is 3. The van der Waals surface area contributed by atoms with Crippen LogP contribution >= 0.6 is 0 Å². The standard InChI is InChI=1S/C16H24N2O3/c1-10(11-5-7-12(17)8-6-11)9-13(19)18-14(15(20)21)16(2,3)4/h5-8,10,14H,9,17H2,1-4H3,(H,18,19)(H,20,21)/t10?,14-/m0/s1. The van der Waals surface area contributed by atoms with Gasteiger partial charge in [0.25, 0.3) is 0 Å². The third-order valence-corrected chi connectivity index (χ3v) is 3.42. The summed E-state index contributed by atoms with van der Waals surface area (Å²) in [6, 6.07) is 6.44. The van der Waals surface area contributed by atoms with Crippen molar-refractivity contribution in [1.29, 1.82) is 0 Å². The molecule has 116 valence electrons. The highest BCUT2D eigenvalue weighted by molar-refractivity contribution is 5.84. The van der Waals surface area contributed by atoms with Crippen molar-refractivity contribution in [3.63, 3.8) is 0 Å². The van der Waals surface area contributed by atoms with Crippen LogP contribution in [0.3, 0.4) is 0 Å². The molecule has 0 heterocycles. The Morgan fingerprint density at radius 3 is 2.19 bits per heavy atom. The zero-order valence-corrected chi connectivity index (χ0v) is 13.0. The van der Waals surface area contributed by atoms with E-state index >= 15 is 0 Å². The Labute approximate surface area is 125 Å². The number of carbonyl (C=O) groups is 2. The van der Waals surface area contributed by atoms with E-state index in [1.165, 1.54) is 0 Å². The van der Waals surface area contributed by atoms with Gasteiger partial charge in [0.1, 0.15) is 6.04 Å². The fourth-order valence-electron chi connectivity index (χ4n) is 2.09. The van der Waals surface area contributed by atoms with Gasteiger partial charge in [-0.2, -0.15) is 0 Å². The van der Waals surface area contributed by atoms with Crippen LogP contribution < -0.4 is 11.1 Å². The molecule has 0 saturated carbocycles. The molecule has 1 aromatic rings. The highest BCUT2D eigenvalue weighted by Gasteiger charge is 2.32. The summed E-state index contributed by atoms with van der Waals surface area (Å²) in [5, 5.41) is 11.8. The van der Waals surface area contributed by atoms with Gasteiger partial charge in [-0.1, -0.05) is 39.8 Å². The molecule has 0 aromatic heterocycles. The summed E-state index contributed by atoms with van der Waals surface area (Å²) in [6.45, 7) is 7.29. The summed E-state index contributed by atoms with van der Waals surface area (Å²) < 4.78 is 0. The van der Waals surface area contributed by atoms with Gasteiger partial charge in [-0.15, -0.1) is 0 Å². The molecule has 0 saturated heterocycles. The van der Waals surface area contributed by atoms with Crippen LogP contribution in [0.1, 0.15) is 45.6 Å². The van der Waals surface area contributed by atoms with E-state index in [1.54, 1.807) is 32.9 Å². The fraction of sp³-hybridized carbons (Fsp3) is 0.500. The first-order valence-electron chi connectivity index (χ1n) is 6.99. The molecule has 21 heavy (non-hydrogen) atoms. The van der Waals surface area contributed by atoms with Crippen LogP contribution in [-0.2, 0) is 9.59 Å². The number of carboxylic acids is 1. The Morgan fingerprint density at radius 1 is 1.24 bits per heavy atom. The lowest BCUT2D eigenvalue weighted by Crippen LogP contribution is -2.49. The number of benzene rings is 1. The SMILES string of the molecule is CC(CC(=O)N[C@@H](C(=O)O)C(C)(C)C)c1ccc(N)cc1. The third-order valence-electron chi connectivity index (χ3n) is 3.42. The zero-order valence-electron chi connectivity index (χ0n) is 13.0. The molecule has 1 amide bonds. The molecule has 1 aromatic carbocycles. The molecule has 0 fully saturated rings. The van der Waals surface area contributed by atoms with Crippen LogP contribution in [0.25, 0.3) is 0 Å². The van der Waals surface area contributed by atoms with Gasteiger partial charge in [-0.25, -0.2) is 4.79 Å². The molecule has 0 spiro atoms. The van der Waals surface area contributed by atoms with Gasteiger partial charge in [0.15, 0.2) is 0 Å². The molecule has 1 unspecified atom stereocenters. The van der Waals surface area contributed by atoms with E-state index in [2.05, 4.69) is 5.32 Å². The zero-order chi connectivity index (χ0) is 16.2. The van der Waals surface area contributed by atoms with Crippen molar-refractivity contribution in [2.75, 3.05) is 5.73 Å². The van der Waals surface area contributed by atoms with Crippen LogP contribution in [0.15, 0.2) is 24.3 Å². The molecular formula is C16H24N2O3. The molecule has 0 aliphatic heterocycles. The largest absolute Gasteiger partial charge is 0.480 e. The average Bonchev–Trinajstić information content (AvgIpc) is 2.35. The second-order valence-corrected chi connectivity index (χ2v) is 6.48. The molecule has 0 radical (unpaired) electrons. The second kappa shape index (κ2) is 6.61. The van der Waals surface area contributed by atoms with Crippen molar-refractivity contribution < 1.29 is 14.7 Å². The Morgan fingerprint density at radius 2 is 1.76 bits per heavy atom. The second-order valence-electron chi connectivity index (χ2n) is 6.48. The predicted octanol–water partition coefficient (Wildman–Crippen LogP) is 2.38. The number of anilines is 1. The topological polar surface area (TPSA) is 92.4 Å². The number of carbonyl (C=O) groups excluding carboxylic acids is 1. The maximum Gasteiger partial charge on any atom is 0.326 e. The minimum atomic E-state index is -1.02. The van der Waals surface area contributed by atoms with E-state index in [1.807, 2.05) is 19.1 Å². The first kappa shape index (κ1) is 17.0. The molecule has 4 N–H and O–H groups in total. The quantitative estimate of drug-likeness (QED) is 0.726. The lowest BCUT2D eigenvalue weighted by atomic mass is 9.86. The summed E-state index contributed by atoms with van der Waals surface area (Å²) in [7, 11) is 0. The predicted molar refractivity (Wildman–Crippen MR) is 82.9 cm³/mol. The van der Waals surface area contributed by atoms with E-state index in [0.29, 0.717) is 5.69 Å². The van der Waals surface area contributed by atoms with Gasteiger partial charge in [-0.05, 0) is 29.0 Å². The number of nitrogens with two attached hydrogens (primary N) is 1. The maximum atomic E-state index is 12.1. The molecule has 1 rings (SSSR count). The summed E-state index contributed by atoms with van der Waals surface area (Å²) in [5.74, 6) is -1.28. The maximum absolute atomic E-state index is 12.1. The number of carboxylic acid groups (broad SMARTS) is 1. The Kier molecular flexibility index (Phi) is 5.35. The summed E-state index contributed by atoms with van der Waals surface area (Å²) in [6.07, 6.45) is 0.240. The third kappa shape index (κ3) is 5.10. The molecular weight excluding hydrogens is 268 g/mol. The highest BCUT2D eigenvalue weighted by atomic mass is 16.4. The van der Waals surface area contributed by atoms with Crippen molar-refractivity contribution in [1.82, 2.24) is 5.32 Å². The van der Waals surface area contributed by atoms with Crippen LogP contribution in [-0.4, -0.2) is 23.0 Å². The van der Waals surface area contributed by atoms with E-state index in [-0.39, 0.29) is 18.2 Å². The first-order chi connectivity index (χ1) is 9.61. The van der Waals surface area contributed by atoms with Crippen molar-refractivity contribution in [3.05, 3.63) is 29.8 Å². The van der Waals surface area contributed by atoms with E-state index in [4.69, 9.17) is 5.73 Å². The highest BCUT2D eigenvalue weighted by Crippen LogP contribution is 2.22. The normalized spacial score (nSPS) is 14.3. The monoisotopic (exact) mass is 292 g/mol. The van der Waals surface area contributed by atoms with Crippen molar-refractivity contribution >= 4 is 17.6 Å². The minimum Gasteiger partial charge on any atom is -0.480 e. The molecule has 2 atom stereocenters. The van der Waals surface area contributed by atoms with Gasteiger partial charge in [0.2, 0.25) is 5.91 Å². The van der Waals surface area contributed by atoms with Crippen LogP contribution in [0.4, 0.5) is 5.69 Å². The fourth-order valence-corrected chi connectivity index (χ4v) is 2.09. The minimum absolute atomic E-state index is 0.0000123. The van der Waals surface area contributed by atoms with Gasteiger partial charge >= 0.3 is 5.97 Å². The van der Waals surface area contributed by atoms with Crippen LogP contribution in [0.5, 0.6) is 0 Å². The van der Waals surface area contributed by atoms with Crippen molar-refractivity contribution in [2.45, 2.75) is 46.1 Å². The Hall–Kier alpha value is -2.04. The molecule has 5 nitrogen and oxygen atoms in total. The van der Waals surface area contributed by atoms with Crippen molar-refractivity contribution in [2.24, 2.45) is 5.41 Å². The number of nitrogens with one attached hydrogen (secondary N) is 1. The van der Waals surface area contributed by atoms with E-state index in [0.717, 1.165) is 5.56 Å². The lowest BCUT2D eigenvalue weighted by molar-refractivity contribution is -0.145. The van der Waals surface area contributed by atoms with Crippen LogP contribution in [0.2, 0.25) is 0 Å².